The molecular formula is C15H16N2O6S. The molecule has 0 saturated carbocycles. The number of carbonyl (C=O) groups excluding carboxylic acids is 1. The Bertz CT molecular complexity index is 834. The second kappa shape index (κ2) is 7.18. The lowest BCUT2D eigenvalue weighted by Gasteiger charge is -2.13. The number of benzene rings is 1. The standard InChI is InChI=1S/C15H16N2O6S/c1-3-14(18)21-15-12(16)5-4-6-13(15)23-24(19,20)22-11-8-7-10(2)17-9-11/h4-9H,3,16H2,1-2H3. The van der Waals surface area contributed by atoms with E-state index in [0.29, 0.717) is 5.69 Å². The number of hydrogen-bond acceptors (Lipinski definition) is 8. The fourth-order valence-electron chi connectivity index (χ4n) is 1.64. The van der Waals surface area contributed by atoms with Crippen LogP contribution in [-0.4, -0.2) is 19.4 Å². The first-order valence-corrected chi connectivity index (χ1v) is 8.30. The van der Waals surface area contributed by atoms with Crippen molar-refractivity contribution < 1.29 is 26.3 Å². The number of carbonyl (C=O) groups is 1. The number of aromatic nitrogens is 1. The molecule has 2 rings (SSSR count). The van der Waals surface area contributed by atoms with Crippen LogP contribution in [0.25, 0.3) is 0 Å². The third-order valence-electron chi connectivity index (χ3n) is 2.79. The third kappa shape index (κ3) is 4.59. The Labute approximate surface area is 139 Å². The largest absolute Gasteiger partial charge is 0.501 e. The minimum Gasteiger partial charge on any atom is -0.420 e. The molecule has 1 heterocycles. The van der Waals surface area contributed by atoms with Gasteiger partial charge in [-0.2, -0.15) is 0 Å². The molecule has 0 spiro atoms. The molecule has 0 aliphatic rings. The average Bonchev–Trinajstić information content (AvgIpc) is 2.52. The highest BCUT2D eigenvalue weighted by Crippen LogP contribution is 2.34. The van der Waals surface area contributed by atoms with Gasteiger partial charge in [0.05, 0.1) is 11.9 Å². The second-order valence-electron chi connectivity index (χ2n) is 4.71. The van der Waals surface area contributed by atoms with E-state index in [4.69, 9.17) is 18.8 Å². The molecule has 128 valence electrons. The molecule has 2 N–H and O–H groups in total. The molecule has 24 heavy (non-hydrogen) atoms. The zero-order valence-corrected chi connectivity index (χ0v) is 13.9. The van der Waals surface area contributed by atoms with E-state index in [1.54, 1.807) is 19.9 Å². The summed E-state index contributed by atoms with van der Waals surface area (Å²) in [4.78, 5) is 15.4. The number of pyridine rings is 1. The molecule has 0 bridgehead atoms. The van der Waals surface area contributed by atoms with E-state index in [1.165, 1.54) is 30.5 Å². The number of nitrogens with zero attached hydrogens (tertiary/aromatic N) is 1. The van der Waals surface area contributed by atoms with Gasteiger partial charge in [-0.3, -0.25) is 9.78 Å². The smallest absolute Gasteiger partial charge is 0.420 e. The molecule has 2 aromatic rings. The quantitative estimate of drug-likeness (QED) is 0.476. The van der Waals surface area contributed by atoms with Crippen molar-refractivity contribution >= 4 is 22.1 Å². The van der Waals surface area contributed by atoms with E-state index < -0.39 is 16.4 Å². The van der Waals surface area contributed by atoms with E-state index in [9.17, 15) is 13.2 Å². The van der Waals surface area contributed by atoms with Crippen molar-refractivity contribution in [3.63, 3.8) is 0 Å². The summed E-state index contributed by atoms with van der Waals surface area (Å²) in [5.41, 5.74) is 6.47. The van der Waals surface area contributed by atoms with Crippen molar-refractivity contribution in [2.24, 2.45) is 0 Å². The lowest BCUT2D eigenvalue weighted by Crippen LogP contribution is -2.18. The van der Waals surface area contributed by atoms with E-state index in [-0.39, 0.29) is 29.4 Å². The number of ether oxygens (including phenoxy) is 1. The zero-order chi connectivity index (χ0) is 17.7. The Morgan fingerprint density at radius 3 is 2.58 bits per heavy atom. The van der Waals surface area contributed by atoms with Gasteiger partial charge in [-0.15, -0.1) is 8.42 Å². The molecule has 1 aromatic heterocycles. The summed E-state index contributed by atoms with van der Waals surface area (Å²) in [5.74, 6) is -1.04. The predicted molar refractivity (Wildman–Crippen MR) is 85.9 cm³/mol. The van der Waals surface area contributed by atoms with Crippen molar-refractivity contribution in [2.45, 2.75) is 20.3 Å². The van der Waals surface area contributed by atoms with E-state index in [2.05, 4.69) is 4.98 Å². The van der Waals surface area contributed by atoms with Crippen LogP contribution in [0.15, 0.2) is 36.5 Å². The maximum Gasteiger partial charge on any atom is 0.501 e. The Hall–Kier alpha value is -2.81. The van der Waals surface area contributed by atoms with Gasteiger partial charge in [-0.1, -0.05) is 13.0 Å². The van der Waals surface area contributed by atoms with Crippen LogP contribution < -0.4 is 18.8 Å². The van der Waals surface area contributed by atoms with Gasteiger partial charge in [-0.25, -0.2) is 0 Å². The van der Waals surface area contributed by atoms with Gasteiger partial charge < -0.3 is 18.8 Å². The maximum atomic E-state index is 12.0. The Kier molecular flexibility index (Phi) is 5.24. The topological polar surface area (TPSA) is 118 Å². The van der Waals surface area contributed by atoms with Crippen LogP contribution in [0.4, 0.5) is 5.69 Å². The van der Waals surface area contributed by atoms with E-state index >= 15 is 0 Å². The van der Waals surface area contributed by atoms with Crippen molar-refractivity contribution in [1.82, 2.24) is 4.98 Å². The predicted octanol–water partition coefficient (Wildman–Crippen LogP) is 1.99. The number of aryl methyl sites for hydroxylation is 1. The SMILES string of the molecule is CCC(=O)Oc1c(N)cccc1OS(=O)(=O)Oc1ccc(C)nc1. The Morgan fingerprint density at radius 2 is 1.96 bits per heavy atom. The van der Waals surface area contributed by atoms with Crippen molar-refractivity contribution in [2.75, 3.05) is 5.73 Å². The number of anilines is 1. The first-order valence-electron chi connectivity index (χ1n) is 6.96. The van der Waals surface area contributed by atoms with Crippen LogP contribution >= 0.6 is 0 Å². The molecule has 0 fully saturated rings. The fourth-order valence-corrected chi connectivity index (χ4v) is 2.36. The average molecular weight is 352 g/mol. The van der Waals surface area contributed by atoms with E-state index in [1.807, 2.05) is 0 Å². The molecular weight excluding hydrogens is 336 g/mol. The summed E-state index contributed by atoms with van der Waals surface area (Å²) < 4.78 is 38.7. The molecule has 0 atom stereocenters. The van der Waals surface area contributed by atoms with Gasteiger partial charge in [0.15, 0.2) is 17.2 Å². The first-order chi connectivity index (χ1) is 11.3. The Balaban J connectivity index is 2.24. The fraction of sp³-hybridized carbons (Fsp3) is 0.200. The number of rotatable bonds is 6. The minimum atomic E-state index is -4.47. The summed E-state index contributed by atoms with van der Waals surface area (Å²) in [5, 5.41) is 0. The summed E-state index contributed by atoms with van der Waals surface area (Å²) in [6.07, 6.45) is 1.33. The maximum absolute atomic E-state index is 12.0. The van der Waals surface area contributed by atoms with Gasteiger partial charge in [0.2, 0.25) is 0 Å². The van der Waals surface area contributed by atoms with Crippen LogP contribution in [0.2, 0.25) is 0 Å². The minimum absolute atomic E-state index is 0.0170. The molecule has 0 amide bonds. The highest BCUT2D eigenvalue weighted by Gasteiger charge is 2.21. The van der Waals surface area contributed by atoms with Gasteiger partial charge in [0.1, 0.15) is 0 Å². The van der Waals surface area contributed by atoms with E-state index in [0.717, 1.165) is 0 Å². The van der Waals surface area contributed by atoms with Gasteiger partial charge in [-0.05, 0) is 31.2 Å². The molecule has 0 aliphatic heterocycles. The second-order valence-corrected chi connectivity index (χ2v) is 5.86. The lowest BCUT2D eigenvalue weighted by atomic mass is 10.3. The highest BCUT2D eigenvalue weighted by molar-refractivity contribution is 7.82. The molecule has 0 radical (unpaired) electrons. The van der Waals surface area contributed by atoms with Crippen LogP contribution in [0.1, 0.15) is 19.0 Å². The van der Waals surface area contributed by atoms with Crippen LogP contribution in [0, 0.1) is 6.92 Å². The number of para-hydroxylation sites is 1. The van der Waals surface area contributed by atoms with Crippen LogP contribution in [-0.2, 0) is 15.2 Å². The van der Waals surface area contributed by atoms with Crippen molar-refractivity contribution in [3.05, 3.63) is 42.2 Å². The molecule has 0 saturated heterocycles. The van der Waals surface area contributed by atoms with Gasteiger partial charge in [0, 0.05) is 12.1 Å². The first kappa shape index (κ1) is 17.5. The van der Waals surface area contributed by atoms with Crippen molar-refractivity contribution in [1.29, 1.82) is 0 Å². The Morgan fingerprint density at radius 1 is 1.21 bits per heavy atom. The monoisotopic (exact) mass is 352 g/mol. The van der Waals surface area contributed by atoms with Crippen molar-refractivity contribution in [3.8, 4) is 17.2 Å². The summed E-state index contributed by atoms with van der Waals surface area (Å²) in [6, 6.07) is 7.21. The van der Waals surface area contributed by atoms with Gasteiger partial charge in [0.25, 0.3) is 0 Å². The summed E-state index contributed by atoms with van der Waals surface area (Å²) in [6.45, 7) is 3.34. The summed E-state index contributed by atoms with van der Waals surface area (Å²) >= 11 is 0. The number of nitrogens with two attached hydrogens (primary N) is 1. The van der Waals surface area contributed by atoms with Crippen LogP contribution in [0.3, 0.4) is 0 Å². The highest BCUT2D eigenvalue weighted by atomic mass is 32.3. The third-order valence-corrected chi connectivity index (χ3v) is 3.57. The number of hydrogen-bond donors (Lipinski definition) is 1. The molecule has 0 unspecified atom stereocenters. The molecule has 8 nitrogen and oxygen atoms in total. The molecule has 1 aromatic carbocycles. The molecule has 9 heteroatoms. The van der Waals surface area contributed by atoms with Gasteiger partial charge >= 0.3 is 16.4 Å². The summed E-state index contributed by atoms with van der Waals surface area (Å²) in [7, 11) is -4.47. The number of nitrogen functional groups attached to an aromatic ring is 1. The molecule has 0 aliphatic carbocycles. The number of esters is 1. The van der Waals surface area contributed by atoms with Crippen LogP contribution in [0.5, 0.6) is 17.2 Å². The zero-order valence-electron chi connectivity index (χ0n) is 13.1. The normalized spacial score (nSPS) is 10.9. The lowest BCUT2D eigenvalue weighted by molar-refractivity contribution is -0.134.